The third-order valence-electron chi connectivity index (χ3n) is 2.41. The van der Waals surface area contributed by atoms with Gasteiger partial charge in [0.05, 0.1) is 12.7 Å². The second-order valence-electron chi connectivity index (χ2n) is 3.43. The van der Waals surface area contributed by atoms with Crippen LogP contribution >= 0.6 is 0 Å². The van der Waals surface area contributed by atoms with Crippen LogP contribution in [0.25, 0.3) is 0 Å². The fourth-order valence-electron chi connectivity index (χ4n) is 1.60. The van der Waals surface area contributed by atoms with Gasteiger partial charge in [0.1, 0.15) is 5.92 Å². The summed E-state index contributed by atoms with van der Waals surface area (Å²) in [6, 6.07) is 2.07. The van der Waals surface area contributed by atoms with Crippen LogP contribution in [-0.4, -0.2) is 19.0 Å². The molecule has 0 bridgehead atoms. The van der Waals surface area contributed by atoms with E-state index in [1.807, 2.05) is 6.92 Å². The predicted molar refractivity (Wildman–Crippen MR) is 47.9 cm³/mol. The number of ether oxygens (including phenoxy) is 1. The molecule has 3 heteroatoms. The van der Waals surface area contributed by atoms with Crippen LogP contribution < -0.4 is 0 Å². The number of rotatable bonds is 4. The van der Waals surface area contributed by atoms with Crippen LogP contribution in [0, 0.1) is 23.2 Å². The van der Waals surface area contributed by atoms with Crippen molar-refractivity contribution >= 4 is 5.78 Å². The number of carbonyl (C=O) groups excluding carboxylic acids is 1. The van der Waals surface area contributed by atoms with Crippen molar-refractivity contribution in [3.63, 3.8) is 0 Å². The summed E-state index contributed by atoms with van der Waals surface area (Å²) in [6.07, 6.45) is 2.37. The minimum Gasteiger partial charge on any atom is -0.381 e. The number of nitrogens with zero attached hydrogens (tertiary/aromatic N) is 1. The molecule has 0 aliphatic carbocycles. The Hall–Kier alpha value is -0.880. The maximum absolute atomic E-state index is 11.7. The standard InChI is InChI=1S/C10H15NO2/c1-2-3-8(6-11)10(12)9-4-5-13-7-9/h8-9H,2-5,7H2,1H3. The summed E-state index contributed by atoms with van der Waals surface area (Å²) in [5, 5.41) is 8.78. The van der Waals surface area contributed by atoms with Gasteiger partial charge >= 0.3 is 0 Å². The molecule has 1 saturated heterocycles. The fourth-order valence-corrected chi connectivity index (χ4v) is 1.60. The van der Waals surface area contributed by atoms with Crippen LogP contribution in [0.5, 0.6) is 0 Å². The molecule has 0 saturated carbocycles. The first kappa shape index (κ1) is 10.2. The van der Waals surface area contributed by atoms with Crippen molar-refractivity contribution in [3.05, 3.63) is 0 Å². The van der Waals surface area contributed by atoms with Gasteiger partial charge in [0.25, 0.3) is 0 Å². The quantitative estimate of drug-likeness (QED) is 0.660. The van der Waals surface area contributed by atoms with Gasteiger partial charge in [-0.05, 0) is 12.8 Å². The summed E-state index contributed by atoms with van der Waals surface area (Å²) in [5.74, 6) is -0.338. The Kier molecular flexibility index (Phi) is 3.91. The molecule has 3 nitrogen and oxygen atoms in total. The van der Waals surface area contributed by atoms with E-state index in [0.29, 0.717) is 19.6 Å². The Morgan fingerprint density at radius 3 is 3.00 bits per heavy atom. The Labute approximate surface area is 78.7 Å². The lowest BCUT2D eigenvalue weighted by molar-refractivity contribution is -0.125. The lowest BCUT2D eigenvalue weighted by Crippen LogP contribution is -2.22. The normalized spacial score (nSPS) is 23.8. The minimum atomic E-state index is -0.406. The Bertz CT molecular complexity index is 213. The third kappa shape index (κ3) is 2.53. The second kappa shape index (κ2) is 4.98. The minimum absolute atomic E-state index is 0.0174. The summed E-state index contributed by atoms with van der Waals surface area (Å²) in [5.41, 5.74) is 0. The van der Waals surface area contributed by atoms with Crippen molar-refractivity contribution in [2.45, 2.75) is 26.2 Å². The Morgan fingerprint density at radius 1 is 1.77 bits per heavy atom. The SMILES string of the molecule is CCCC(C#N)C(=O)C1CCOC1. The van der Waals surface area contributed by atoms with Crippen molar-refractivity contribution in [3.8, 4) is 6.07 Å². The van der Waals surface area contributed by atoms with E-state index in [2.05, 4.69) is 6.07 Å². The average Bonchev–Trinajstić information content (AvgIpc) is 2.65. The molecule has 0 spiro atoms. The van der Waals surface area contributed by atoms with Crippen LogP contribution in [0.1, 0.15) is 26.2 Å². The van der Waals surface area contributed by atoms with Crippen LogP contribution in [0.15, 0.2) is 0 Å². The number of nitriles is 1. The van der Waals surface area contributed by atoms with Crippen molar-refractivity contribution in [2.75, 3.05) is 13.2 Å². The summed E-state index contributed by atoms with van der Waals surface area (Å²) in [6.45, 7) is 3.17. The van der Waals surface area contributed by atoms with Crippen molar-refractivity contribution in [2.24, 2.45) is 11.8 Å². The topological polar surface area (TPSA) is 50.1 Å². The zero-order chi connectivity index (χ0) is 9.68. The highest BCUT2D eigenvalue weighted by atomic mass is 16.5. The van der Waals surface area contributed by atoms with E-state index < -0.39 is 5.92 Å². The van der Waals surface area contributed by atoms with E-state index in [9.17, 15) is 4.79 Å². The smallest absolute Gasteiger partial charge is 0.155 e. The zero-order valence-electron chi connectivity index (χ0n) is 7.95. The highest BCUT2D eigenvalue weighted by Gasteiger charge is 2.29. The van der Waals surface area contributed by atoms with Gasteiger partial charge in [0.2, 0.25) is 0 Å². The first-order valence-electron chi connectivity index (χ1n) is 4.80. The summed E-state index contributed by atoms with van der Waals surface area (Å²) >= 11 is 0. The van der Waals surface area contributed by atoms with Crippen LogP contribution in [0.4, 0.5) is 0 Å². The fraction of sp³-hybridized carbons (Fsp3) is 0.800. The van der Waals surface area contributed by atoms with Gasteiger partial charge in [0, 0.05) is 12.5 Å². The van der Waals surface area contributed by atoms with Gasteiger partial charge in [-0.25, -0.2) is 0 Å². The van der Waals surface area contributed by atoms with Gasteiger partial charge in [-0.2, -0.15) is 5.26 Å². The Morgan fingerprint density at radius 2 is 2.54 bits per heavy atom. The molecular formula is C10H15NO2. The van der Waals surface area contributed by atoms with E-state index in [1.165, 1.54) is 0 Å². The molecule has 0 radical (unpaired) electrons. The van der Waals surface area contributed by atoms with Gasteiger partial charge in [-0.15, -0.1) is 0 Å². The molecule has 1 rings (SSSR count). The molecule has 1 heterocycles. The molecule has 13 heavy (non-hydrogen) atoms. The van der Waals surface area contributed by atoms with Gasteiger partial charge in [0.15, 0.2) is 5.78 Å². The van der Waals surface area contributed by atoms with E-state index in [0.717, 1.165) is 12.8 Å². The molecule has 72 valence electrons. The molecule has 2 unspecified atom stereocenters. The second-order valence-corrected chi connectivity index (χ2v) is 3.43. The van der Waals surface area contributed by atoms with Crippen LogP contribution in [-0.2, 0) is 9.53 Å². The number of hydrogen-bond donors (Lipinski definition) is 0. The summed E-state index contributed by atoms with van der Waals surface area (Å²) < 4.78 is 5.12. The molecular weight excluding hydrogens is 166 g/mol. The number of carbonyl (C=O) groups is 1. The van der Waals surface area contributed by atoms with Crippen molar-refractivity contribution in [1.82, 2.24) is 0 Å². The number of hydrogen-bond acceptors (Lipinski definition) is 3. The maximum atomic E-state index is 11.7. The molecule has 1 aliphatic rings. The lowest BCUT2D eigenvalue weighted by atomic mass is 9.90. The summed E-state index contributed by atoms with van der Waals surface area (Å²) in [7, 11) is 0. The molecule has 2 atom stereocenters. The average molecular weight is 181 g/mol. The largest absolute Gasteiger partial charge is 0.381 e. The first-order chi connectivity index (χ1) is 6.29. The van der Waals surface area contributed by atoms with Crippen molar-refractivity contribution < 1.29 is 9.53 Å². The zero-order valence-corrected chi connectivity index (χ0v) is 7.95. The van der Waals surface area contributed by atoms with Crippen LogP contribution in [0.3, 0.4) is 0 Å². The molecule has 0 N–H and O–H groups in total. The first-order valence-corrected chi connectivity index (χ1v) is 4.80. The third-order valence-corrected chi connectivity index (χ3v) is 2.41. The lowest BCUT2D eigenvalue weighted by Gasteiger charge is -2.10. The van der Waals surface area contributed by atoms with E-state index >= 15 is 0 Å². The molecule has 0 aromatic carbocycles. The van der Waals surface area contributed by atoms with E-state index in [4.69, 9.17) is 10.00 Å². The number of Topliss-reactive ketones (excluding diaryl/α,β-unsaturated/α-hetero) is 1. The maximum Gasteiger partial charge on any atom is 0.155 e. The van der Waals surface area contributed by atoms with E-state index in [1.54, 1.807) is 0 Å². The molecule has 1 aliphatic heterocycles. The molecule has 1 fully saturated rings. The van der Waals surface area contributed by atoms with Gasteiger partial charge in [-0.1, -0.05) is 13.3 Å². The van der Waals surface area contributed by atoms with Gasteiger partial charge in [-0.3, -0.25) is 4.79 Å². The van der Waals surface area contributed by atoms with Crippen molar-refractivity contribution in [1.29, 1.82) is 5.26 Å². The molecule has 0 aromatic rings. The summed E-state index contributed by atoms with van der Waals surface area (Å²) in [4.78, 5) is 11.7. The highest BCUT2D eigenvalue weighted by Crippen LogP contribution is 2.20. The monoisotopic (exact) mass is 181 g/mol. The predicted octanol–water partition coefficient (Wildman–Crippen LogP) is 1.53. The van der Waals surface area contributed by atoms with E-state index in [-0.39, 0.29) is 11.7 Å². The van der Waals surface area contributed by atoms with Crippen LogP contribution in [0.2, 0.25) is 0 Å². The molecule has 0 amide bonds. The number of ketones is 1. The van der Waals surface area contributed by atoms with Gasteiger partial charge < -0.3 is 4.74 Å². The Balaban J connectivity index is 2.48. The molecule has 0 aromatic heterocycles. The highest BCUT2D eigenvalue weighted by molar-refractivity contribution is 5.85.